The number of carbonyl (C=O) groups excluding carboxylic acids is 2. The molecule has 6 heteroatoms. The zero-order valence-corrected chi connectivity index (χ0v) is 11.9. The van der Waals surface area contributed by atoms with Crippen molar-refractivity contribution in [1.29, 1.82) is 0 Å². The first-order chi connectivity index (χ1) is 9.94. The Morgan fingerprint density at radius 1 is 1.33 bits per heavy atom. The molecule has 1 aliphatic rings. The highest BCUT2D eigenvalue weighted by atomic mass is 19.1. The van der Waals surface area contributed by atoms with Crippen LogP contribution in [0.25, 0.3) is 0 Å². The van der Waals surface area contributed by atoms with Gasteiger partial charge in [-0.1, -0.05) is 12.1 Å². The third-order valence-electron chi connectivity index (χ3n) is 3.78. The summed E-state index contributed by atoms with van der Waals surface area (Å²) in [6.07, 6.45) is 1.94. The van der Waals surface area contributed by atoms with Crippen LogP contribution in [0, 0.1) is 11.7 Å². The summed E-state index contributed by atoms with van der Waals surface area (Å²) in [7, 11) is 0. The van der Waals surface area contributed by atoms with E-state index >= 15 is 0 Å². The monoisotopic (exact) mass is 293 g/mol. The van der Waals surface area contributed by atoms with E-state index in [9.17, 15) is 14.0 Å². The molecular weight excluding hydrogens is 273 g/mol. The van der Waals surface area contributed by atoms with E-state index in [1.807, 2.05) is 6.92 Å². The number of urea groups is 1. The maximum absolute atomic E-state index is 12.8. The second-order valence-electron chi connectivity index (χ2n) is 5.60. The molecule has 0 aliphatic heterocycles. The SMILES string of the molecule is C[C@@H](NC(=O)NC1CC(CC(N)=O)C1)c1ccc(F)cc1. The lowest BCUT2D eigenvalue weighted by Crippen LogP contribution is -2.49. The number of carbonyl (C=O) groups is 2. The summed E-state index contributed by atoms with van der Waals surface area (Å²) in [5, 5.41) is 5.66. The van der Waals surface area contributed by atoms with Gasteiger partial charge in [-0.3, -0.25) is 4.79 Å². The average molecular weight is 293 g/mol. The van der Waals surface area contributed by atoms with Gasteiger partial charge in [-0.25, -0.2) is 9.18 Å². The first kappa shape index (κ1) is 15.3. The van der Waals surface area contributed by atoms with Crippen molar-refractivity contribution in [2.75, 3.05) is 0 Å². The highest BCUT2D eigenvalue weighted by Crippen LogP contribution is 2.29. The average Bonchev–Trinajstić information content (AvgIpc) is 2.36. The van der Waals surface area contributed by atoms with Crippen LogP contribution in [0.5, 0.6) is 0 Å². The van der Waals surface area contributed by atoms with Crippen molar-refractivity contribution in [2.45, 2.75) is 38.3 Å². The molecule has 4 N–H and O–H groups in total. The van der Waals surface area contributed by atoms with Crippen molar-refractivity contribution >= 4 is 11.9 Å². The van der Waals surface area contributed by atoms with E-state index in [1.54, 1.807) is 12.1 Å². The molecule has 3 amide bonds. The van der Waals surface area contributed by atoms with Gasteiger partial charge >= 0.3 is 6.03 Å². The van der Waals surface area contributed by atoms with Crippen LogP contribution in [0.2, 0.25) is 0 Å². The highest BCUT2D eigenvalue weighted by Gasteiger charge is 2.31. The minimum atomic E-state index is -0.301. The fourth-order valence-electron chi connectivity index (χ4n) is 2.56. The lowest BCUT2D eigenvalue weighted by Gasteiger charge is -2.35. The number of primary amides is 1. The quantitative estimate of drug-likeness (QED) is 0.774. The molecule has 1 fully saturated rings. The molecule has 1 saturated carbocycles. The summed E-state index contributed by atoms with van der Waals surface area (Å²) in [6.45, 7) is 1.84. The molecule has 0 saturated heterocycles. The number of benzene rings is 1. The Morgan fingerprint density at radius 2 is 1.95 bits per heavy atom. The molecular formula is C15H20FN3O2. The van der Waals surface area contributed by atoms with E-state index in [-0.39, 0.29) is 35.8 Å². The second-order valence-corrected chi connectivity index (χ2v) is 5.60. The lowest BCUT2D eigenvalue weighted by molar-refractivity contribution is -0.119. The van der Waals surface area contributed by atoms with Gasteiger partial charge < -0.3 is 16.4 Å². The fraction of sp³-hybridized carbons (Fsp3) is 0.467. The Labute approximate surface area is 123 Å². The van der Waals surface area contributed by atoms with E-state index in [0.717, 1.165) is 18.4 Å². The zero-order valence-electron chi connectivity index (χ0n) is 11.9. The number of rotatable bonds is 5. The Kier molecular flexibility index (Phi) is 4.77. The minimum absolute atomic E-state index is 0.0924. The Balaban J connectivity index is 1.73. The van der Waals surface area contributed by atoms with Gasteiger partial charge in [-0.2, -0.15) is 0 Å². The molecule has 0 radical (unpaired) electrons. The number of hydrogen-bond acceptors (Lipinski definition) is 2. The smallest absolute Gasteiger partial charge is 0.315 e. The van der Waals surface area contributed by atoms with Crippen molar-refractivity contribution in [3.63, 3.8) is 0 Å². The number of halogens is 1. The van der Waals surface area contributed by atoms with E-state index < -0.39 is 0 Å². The molecule has 1 aromatic carbocycles. The minimum Gasteiger partial charge on any atom is -0.370 e. The summed E-state index contributed by atoms with van der Waals surface area (Å²) in [6, 6.07) is 5.66. The largest absolute Gasteiger partial charge is 0.370 e. The summed E-state index contributed by atoms with van der Waals surface area (Å²) in [5.41, 5.74) is 5.96. The molecule has 0 spiro atoms. The topological polar surface area (TPSA) is 84.2 Å². The summed E-state index contributed by atoms with van der Waals surface area (Å²) >= 11 is 0. The van der Waals surface area contributed by atoms with Crippen LogP contribution in [0.4, 0.5) is 9.18 Å². The number of nitrogens with two attached hydrogens (primary N) is 1. The van der Waals surface area contributed by atoms with E-state index in [4.69, 9.17) is 5.73 Å². The number of nitrogens with one attached hydrogen (secondary N) is 2. The maximum atomic E-state index is 12.8. The van der Waals surface area contributed by atoms with Gasteiger partial charge in [0.05, 0.1) is 6.04 Å². The van der Waals surface area contributed by atoms with Crippen LogP contribution in [-0.2, 0) is 4.79 Å². The van der Waals surface area contributed by atoms with Gasteiger partial charge in [0, 0.05) is 12.5 Å². The molecule has 1 atom stereocenters. The van der Waals surface area contributed by atoms with Crippen LogP contribution in [0.1, 0.15) is 37.8 Å². The number of hydrogen-bond donors (Lipinski definition) is 3. The third-order valence-corrected chi connectivity index (χ3v) is 3.78. The zero-order chi connectivity index (χ0) is 15.4. The summed E-state index contributed by atoms with van der Waals surface area (Å²) in [4.78, 5) is 22.6. The van der Waals surface area contributed by atoms with E-state index in [1.165, 1.54) is 12.1 Å². The molecule has 21 heavy (non-hydrogen) atoms. The second kappa shape index (κ2) is 6.56. The predicted molar refractivity (Wildman–Crippen MR) is 76.8 cm³/mol. The highest BCUT2D eigenvalue weighted by molar-refractivity contribution is 5.75. The Hall–Kier alpha value is -2.11. The molecule has 0 unspecified atom stereocenters. The predicted octanol–water partition coefficient (Wildman–Crippen LogP) is 1.84. The van der Waals surface area contributed by atoms with Crippen molar-refractivity contribution in [2.24, 2.45) is 11.7 Å². The normalized spacial score (nSPS) is 22.0. The lowest BCUT2D eigenvalue weighted by atomic mass is 9.78. The summed E-state index contributed by atoms with van der Waals surface area (Å²) in [5.74, 6) is -0.319. The maximum Gasteiger partial charge on any atom is 0.315 e. The molecule has 2 rings (SSSR count). The van der Waals surface area contributed by atoms with Crippen molar-refractivity contribution in [1.82, 2.24) is 10.6 Å². The van der Waals surface area contributed by atoms with Crippen molar-refractivity contribution in [3.8, 4) is 0 Å². The fourth-order valence-corrected chi connectivity index (χ4v) is 2.56. The Morgan fingerprint density at radius 3 is 2.52 bits per heavy atom. The van der Waals surface area contributed by atoms with Gasteiger partial charge in [0.25, 0.3) is 0 Å². The third kappa shape index (κ3) is 4.44. The van der Waals surface area contributed by atoms with Crippen LogP contribution in [-0.4, -0.2) is 18.0 Å². The molecule has 114 valence electrons. The van der Waals surface area contributed by atoms with Gasteiger partial charge in [0.15, 0.2) is 0 Å². The van der Waals surface area contributed by atoms with Gasteiger partial charge in [0.2, 0.25) is 5.91 Å². The van der Waals surface area contributed by atoms with E-state index in [0.29, 0.717) is 6.42 Å². The van der Waals surface area contributed by atoms with Gasteiger partial charge in [0.1, 0.15) is 5.82 Å². The van der Waals surface area contributed by atoms with Gasteiger partial charge in [-0.15, -0.1) is 0 Å². The summed E-state index contributed by atoms with van der Waals surface area (Å²) < 4.78 is 12.8. The first-order valence-corrected chi connectivity index (χ1v) is 7.05. The molecule has 1 aliphatic carbocycles. The molecule has 0 bridgehead atoms. The standard InChI is InChI=1S/C15H20FN3O2/c1-9(11-2-4-12(16)5-3-11)18-15(21)19-13-6-10(7-13)8-14(17)20/h2-5,9-10,13H,6-8H2,1H3,(H2,17,20)(H2,18,19,21)/t9-,10?,13?/m1/s1. The van der Waals surface area contributed by atoms with Crippen LogP contribution in [0.15, 0.2) is 24.3 Å². The molecule has 5 nitrogen and oxygen atoms in total. The number of amides is 3. The Bertz CT molecular complexity index is 512. The molecule has 0 heterocycles. The van der Waals surface area contributed by atoms with Gasteiger partial charge in [-0.05, 0) is 43.4 Å². The van der Waals surface area contributed by atoms with Crippen molar-refractivity contribution < 1.29 is 14.0 Å². The van der Waals surface area contributed by atoms with Crippen LogP contribution < -0.4 is 16.4 Å². The molecule has 1 aromatic rings. The first-order valence-electron chi connectivity index (χ1n) is 7.05. The van der Waals surface area contributed by atoms with Crippen molar-refractivity contribution in [3.05, 3.63) is 35.6 Å². The van der Waals surface area contributed by atoms with E-state index in [2.05, 4.69) is 10.6 Å². The van der Waals surface area contributed by atoms with Crippen LogP contribution >= 0.6 is 0 Å². The van der Waals surface area contributed by atoms with Crippen LogP contribution in [0.3, 0.4) is 0 Å². The molecule has 0 aromatic heterocycles.